The smallest absolute Gasteiger partial charge is 0.388 e. The molecule has 2 amide bonds. The van der Waals surface area contributed by atoms with E-state index in [1.807, 2.05) is 41.1 Å². The van der Waals surface area contributed by atoms with Gasteiger partial charge < -0.3 is 10.5 Å². The molecule has 0 bridgehead atoms. The number of nitrogens with two attached hydrogens (primary N) is 1. The number of amides is 2. The quantitative estimate of drug-likeness (QED) is 0.678. The second kappa shape index (κ2) is 7.59. The minimum absolute atomic E-state index is 0.168. The zero-order chi connectivity index (χ0) is 23.1. The van der Waals surface area contributed by atoms with Gasteiger partial charge in [0.15, 0.2) is 0 Å². The van der Waals surface area contributed by atoms with Crippen LogP contribution in [0.4, 0.5) is 9.18 Å². The Labute approximate surface area is 183 Å². The SMILES string of the molecule is CS(=O)(=O)NC(=O)C1(C2(n3ncc(F)c3OC(N)=O)C=CC(c3ccccc3)=CC2)CC1. The van der Waals surface area contributed by atoms with E-state index < -0.39 is 44.7 Å². The minimum Gasteiger partial charge on any atom is -0.388 e. The number of rotatable bonds is 6. The molecule has 11 heteroatoms. The number of nitrogens with one attached hydrogen (secondary N) is 1. The van der Waals surface area contributed by atoms with Crippen molar-refractivity contribution in [1.29, 1.82) is 0 Å². The van der Waals surface area contributed by atoms with Crippen LogP contribution in [-0.4, -0.2) is 36.5 Å². The highest BCUT2D eigenvalue weighted by atomic mass is 32.2. The van der Waals surface area contributed by atoms with E-state index in [1.165, 1.54) is 0 Å². The predicted octanol–water partition coefficient (Wildman–Crippen LogP) is 2.07. The van der Waals surface area contributed by atoms with Gasteiger partial charge in [-0.05, 0) is 30.4 Å². The first-order chi connectivity index (χ1) is 15.1. The van der Waals surface area contributed by atoms with Gasteiger partial charge in [-0.2, -0.15) is 9.49 Å². The molecule has 3 N–H and O–H groups in total. The summed E-state index contributed by atoms with van der Waals surface area (Å²) in [5, 5.41) is 4.05. The lowest BCUT2D eigenvalue weighted by Gasteiger charge is -2.40. The number of ether oxygens (including phenoxy) is 1. The van der Waals surface area contributed by atoms with Gasteiger partial charge in [0.2, 0.25) is 21.7 Å². The van der Waals surface area contributed by atoms with Crippen molar-refractivity contribution in [2.45, 2.75) is 24.8 Å². The molecule has 2 aliphatic rings. The Hall–Kier alpha value is -3.47. The summed E-state index contributed by atoms with van der Waals surface area (Å²) in [7, 11) is -3.84. The molecular weight excluding hydrogens is 439 g/mol. The summed E-state index contributed by atoms with van der Waals surface area (Å²) in [4.78, 5) is 24.5. The third kappa shape index (κ3) is 3.68. The van der Waals surface area contributed by atoms with E-state index in [-0.39, 0.29) is 6.42 Å². The van der Waals surface area contributed by atoms with Crippen LogP contribution in [-0.2, 0) is 20.4 Å². The topological polar surface area (TPSA) is 133 Å². The number of hydrogen-bond acceptors (Lipinski definition) is 6. The molecule has 1 atom stereocenters. The maximum Gasteiger partial charge on any atom is 0.411 e. The molecule has 1 fully saturated rings. The number of aromatic nitrogens is 2. The lowest BCUT2D eigenvalue weighted by Crippen LogP contribution is -2.51. The molecule has 0 saturated heterocycles. The van der Waals surface area contributed by atoms with Crippen molar-refractivity contribution in [1.82, 2.24) is 14.5 Å². The van der Waals surface area contributed by atoms with Crippen LogP contribution in [0, 0.1) is 11.2 Å². The molecule has 2 aromatic rings. The van der Waals surface area contributed by atoms with Crippen molar-refractivity contribution < 1.29 is 27.1 Å². The Morgan fingerprint density at radius 2 is 1.94 bits per heavy atom. The van der Waals surface area contributed by atoms with Gasteiger partial charge in [0.25, 0.3) is 5.88 Å². The summed E-state index contributed by atoms with van der Waals surface area (Å²) >= 11 is 0. The van der Waals surface area contributed by atoms with Crippen LogP contribution in [0.3, 0.4) is 0 Å². The van der Waals surface area contributed by atoms with Gasteiger partial charge in [0.05, 0.1) is 17.9 Å². The monoisotopic (exact) mass is 460 g/mol. The summed E-state index contributed by atoms with van der Waals surface area (Å²) in [6, 6.07) is 9.49. The maximum atomic E-state index is 14.5. The number of primary amides is 1. The fourth-order valence-electron chi connectivity index (χ4n) is 4.23. The maximum absolute atomic E-state index is 14.5. The second-order valence-corrected chi connectivity index (χ2v) is 9.65. The van der Waals surface area contributed by atoms with Crippen molar-refractivity contribution in [3.05, 3.63) is 66.1 Å². The largest absolute Gasteiger partial charge is 0.411 e. The standard InChI is InChI=1S/C21H21FN4O5S/c1-32(29,30)25-18(27)20(11-12-20)21(26-17(31-19(23)28)16(22)13-24-26)9-7-15(8-10-21)14-5-3-2-4-6-14/h2-9,13H,10-12H2,1H3,(H2,23,28)(H,25,27). The molecule has 1 saturated carbocycles. The number of carbonyl (C=O) groups is 2. The van der Waals surface area contributed by atoms with Gasteiger partial charge in [0, 0.05) is 0 Å². The molecule has 9 nitrogen and oxygen atoms in total. The van der Waals surface area contributed by atoms with Gasteiger partial charge >= 0.3 is 6.09 Å². The predicted molar refractivity (Wildman–Crippen MR) is 113 cm³/mol. The molecule has 32 heavy (non-hydrogen) atoms. The van der Waals surface area contributed by atoms with E-state index in [2.05, 4.69) is 5.10 Å². The molecule has 1 aromatic carbocycles. The number of hydrogen-bond donors (Lipinski definition) is 2. The molecule has 1 unspecified atom stereocenters. The summed E-state index contributed by atoms with van der Waals surface area (Å²) in [6.07, 6.45) is 6.62. The molecule has 0 spiro atoms. The van der Waals surface area contributed by atoms with Crippen LogP contribution in [0.1, 0.15) is 24.8 Å². The third-order valence-corrected chi connectivity index (χ3v) is 6.38. The van der Waals surface area contributed by atoms with Crippen LogP contribution in [0.15, 0.2) is 54.8 Å². The first kappa shape index (κ1) is 21.8. The van der Waals surface area contributed by atoms with E-state index >= 15 is 0 Å². The van der Waals surface area contributed by atoms with E-state index in [4.69, 9.17) is 10.5 Å². The van der Waals surface area contributed by atoms with Crippen molar-refractivity contribution in [3.8, 4) is 5.88 Å². The zero-order valence-electron chi connectivity index (χ0n) is 17.1. The number of carbonyl (C=O) groups excluding carboxylic acids is 2. The summed E-state index contributed by atoms with van der Waals surface area (Å²) in [6.45, 7) is 0. The highest BCUT2D eigenvalue weighted by Crippen LogP contribution is 2.62. The molecule has 0 aliphatic heterocycles. The van der Waals surface area contributed by atoms with Gasteiger partial charge in [-0.1, -0.05) is 48.6 Å². The van der Waals surface area contributed by atoms with Crippen LogP contribution < -0.4 is 15.2 Å². The minimum atomic E-state index is -3.84. The molecule has 1 aromatic heterocycles. The molecule has 2 aliphatic carbocycles. The number of halogens is 1. The average molecular weight is 460 g/mol. The average Bonchev–Trinajstić information content (AvgIpc) is 3.48. The summed E-state index contributed by atoms with van der Waals surface area (Å²) < 4.78 is 46.0. The van der Waals surface area contributed by atoms with Crippen molar-refractivity contribution >= 4 is 27.6 Å². The summed E-state index contributed by atoms with van der Waals surface area (Å²) in [5.41, 5.74) is 4.33. The highest BCUT2D eigenvalue weighted by Gasteiger charge is 2.66. The Morgan fingerprint density at radius 1 is 1.25 bits per heavy atom. The van der Waals surface area contributed by atoms with Crippen molar-refractivity contribution in [3.63, 3.8) is 0 Å². The molecule has 168 valence electrons. The first-order valence-corrected chi connectivity index (χ1v) is 11.7. The highest BCUT2D eigenvalue weighted by molar-refractivity contribution is 7.89. The summed E-state index contributed by atoms with van der Waals surface area (Å²) in [5.74, 6) is -2.21. The lowest BCUT2D eigenvalue weighted by molar-refractivity contribution is -0.128. The Morgan fingerprint density at radius 3 is 2.47 bits per heavy atom. The Balaban J connectivity index is 1.83. The van der Waals surface area contributed by atoms with Crippen LogP contribution in [0.2, 0.25) is 0 Å². The van der Waals surface area contributed by atoms with Gasteiger partial charge in [-0.3, -0.25) is 9.52 Å². The van der Waals surface area contributed by atoms with Gasteiger partial charge in [0.1, 0.15) is 5.54 Å². The van der Waals surface area contributed by atoms with Crippen LogP contribution >= 0.6 is 0 Å². The van der Waals surface area contributed by atoms with Gasteiger partial charge in [-0.25, -0.2) is 17.9 Å². The fraction of sp³-hybridized carbons (Fsp3) is 0.286. The Bertz CT molecular complexity index is 1250. The van der Waals surface area contributed by atoms with E-state index in [0.717, 1.165) is 28.3 Å². The van der Waals surface area contributed by atoms with E-state index in [9.17, 15) is 22.4 Å². The molecule has 1 heterocycles. The normalized spacial score (nSPS) is 21.5. The number of nitrogens with zero attached hydrogens (tertiary/aromatic N) is 2. The number of allylic oxidation sites excluding steroid dienone is 4. The third-order valence-electron chi connectivity index (χ3n) is 5.83. The lowest BCUT2D eigenvalue weighted by atomic mass is 9.74. The van der Waals surface area contributed by atoms with Crippen molar-refractivity contribution in [2.75, 3.05) is 6.26 Å². The second-order valence-electron chi connectivity index (χ2n) is 7.90. The van der Waals surface area contributed by atoms with Crippen LogP contribution in [0.5, 0.6) is 5.88 Å². The zero-order valence-corrected chi connectivity index (χ0v) is 17.9. The number of sulfonamides is 1. The van der Waals surface area contributed by atoms with Gasteiger partial charge in [-0.15, -0.1) is 0 Å². The van der Waals surface area contributed by atoms with Crippen molar-refractivity contribution in [2.24, 2.45) is 11.1 Å². The van der Waals surface area contributed by atoms with E-state index in [0.29, 0.717) is 12.8 Å². The first-order valence-electron chi connectivity index (χ1n) is 9.76. The van der Waals surface area contributed by atoms with Crippen LogP contribution in [0.25, 0.3) is 5.57 Å². The fourth-order valence-corrected chi connectivity index (χ4v) is 4.76. The van der Waals surface area contributed by atoms with E-state index in [1.54, 1.807) is 12.2 Å². The molecule has 0 radical (unpaired) electrons. The molecule has 4 rings (SSSR count). The number of benzene rings is 1. The molecular formula is C21H21FN4O5S. The Kier molecular flexibility index (Phi) is 5.16.